The third-order valence-corrected chi connectivity index (χ3v) is 6.53. The number of nitrogens with one attached hydrogen (secondary N) is 3. The normalized spacial score (nSPS) is 19.9. The van der Waals surface area contributed by atoms with Gasteiger partial charge in [-0.1, -0.05) is 18.6 Å². The second-order valence-electron chi connectivity index (χ2n) is 8.36. The molecule has 156 valence electrons. The van der Waals surface area contributed by atoms with Crippen LogP contribution in [-0.2, 0) is 16.0 Å². The lowest BCUT2D eigenvalue weighted by Gasteiger charge is -2.45. The Morgan fingerprint density at radius 1 is 1.17 bits per heavy atom. The average Bonchev–Trinajstić information content (AvgIpc) is 2.77. The lowest BCUT2D eigenvalue weighted by molar-refractivity contribution is -0.960. The predicted molar refractivity (Wildman–Crippen MR) is 111 cm³/mol. The van der Waals surface area contributed by atoms with E-state index >= 15 is 0 Å². The molecule has 1 aliphatic heterocycles. The van der Waals surface area contributed by atoms with Gasteiger partial charge in [0.1, 0.15) is 24.5 Å². The van der Waals surface area contributed by atoms with Gasteiger partial charge in [-0.3, -0.25) is 9.59 Å². The minimum Gasteiger partial charge on any atom is -0.370 e. The number of rotatable bonds is 6. The number of aromatic nitrogens is 2. The van der Waals surface area contributed by atoms with E-state index in [1.807, 2.05) is 18.2 Å². The van der Waals surface area contributed by atoms with Crippen LogP contribution in [0.2, 0.25) is 0 Å². The molecule has 3 N–H and O–H groups in total. The van der Waals surface area contributed by atoms with Crippen LogP contribution in [0.4, 0.5) is 0 Å². The van der Waals surface area contributed by atoms with Crippen molar-refractivity contribution in [1.29, 1.82) is 0 Å². The van der Waals surface area contributed by atoms with Crippen LogP contribution >= 0.6 is 0 Å². The lowest BCUT2D eigenvalue weighted by atomic mass is 9.79. The molecule has 1 saturated heterocycles. The molecule has 1 aliphatic carbocycles. The number of H-pyrrole nitrogens is 1. The summed E-state index contributed by atoms with van der Waals surface area (Å²) in [5.74, 6) is 0.591. The van der Waals surface area contributed by atoms with E-state index in [4.69, 9.17) is 4.74 Å². The molecule has 7 nitrogen and oxygen atoms in total. The van der Waals surface area contributed by atoms with Crippen molar-refractivity contribution in [3.8, 4) is 0 Å². The molecule has 0 spiro atoms. The van der Waals surface area contributed by atoms with Crippen LogP contribution in [0.25, 0.3) is 10.9 Å². The predicted octanol–water partition coefficient (Wildman–Crippen LogP) is 0.590. The number of nitrogens with zero attached hydrogens (tertiary/aromatic N) is 1. The van der Waals surface area contributed by atoms with Gasteiger partial charge in [0, 0.05) is 25.7 Å². The maximum Gasteiger partial charge on any atom is 0.258 e. The van der Waals surface area contributed by atoms with Gasteiger partial charge in [0.25, 0.3) is 5.56 Å². The Kier molecular flexibility index (Phi) is 6.25. The van der Waals surface area contributed by atoms with Gasteiger partial charge in [0.05, 0.1) is 30.7 Å². The summed E-state index contributed by atoms with van der Waals surface area (Å²) in [5, 5.41) is 3.77. The standard InChI is InChI=1S/C22H30N4O3/c27-20(9-8-19-24-18-7-3-2-6-17(18)21(28)25-19)23-16-22(10-4-1-5-11-22)26-12-14-29-15-13-26/h2-3,6-7H,1,4-5,8-16H2,(H,23,27)(H,24,25,28)/p+1. The quantitative estimate of drug-likeness (QED) is 0.663. The summed E-state index contributed by atoms with van der Waals surface area (Å²) in [6.45, 7) is 4.40. The van der Waals surface area contributed by atoms with Crippen molar-refractivity contribution in [2.24, 2.45) is 0 Å². The number of benzene rings is 1. The number of aromatic amines is 1. The topological polar surface area (TPSA) is 88.5 Å². The van der Waals surface area contributed by atoms with Crippen LogP contribution < -0.4 is 15.8 Å². The Hall–Kier alpha value is -2.25. The fourth-order valence-electron chi connectivity index (χ4n) is 4.87. The first-order chi connectivity index (χ1) is 14.2. The number of morpholine rings is 1. The number of carbonyl (C=O) groups excluding carboxylic acids is 1. The van der Waals surface area contributed by atoms with Gasteiger partial charge in [-0.2, -0.15) is 0 Å². The van der Waals surface area contributed by atoms with Crippen molar-refractivity contribution in [1.82, 2.24) is 15.3 Å². The first-order valence-corrected chi connectivity index (χ1v) is 10.8. The summed E-state index contributed by atoms with van der Waals surface area (Å²) in [6.07, 6.45) is 6.87. The molecule has 1 amide bonds. The van der Waals surface area contributed by atoms with Crippen LogP contribution in [0.1, 0.15) is 44.3 Å². The molecule has 1 aromatic carbocycles. The molecule has 0 atom stereocenters. The number of para-hydroxylation sites is 1. The average molecular weight is 400 g/mol. The fraction of sp³-hybridized carbons (Fsp3) is 0.591. The SMILES string of the molecule is O=C(CCc1nc2ccccc2c(=O)[nH]1)NCC1([NH+]2CCOCC2)CCCCC1. The number of amides is 1. The van der Waals surface area contributed by atoms with Crippen LogP contribution in [0.3, 0.4) is 0 Å². The molecule has 4 rings (SSSR count). The molecular formula is C22H31N4O3+. The van der Waals surface area contributed by atoms with Crippen LogP contribution in [0, 0.1) is 0 Å². The number of aryl methyl sites for hydroxylation is 1. The Morgan fingerprint density at radius 3 is 2.72 bits per heavy atom. The van der Waals surface area contributed by atoms with E-state index in [-0.39, 0.29) is 17.0 Å². The minimum absolute atomic E-state index is 0.0263. The molecular weight excluding hydrogens is 368 g/mol. The van der Waals surface area contributed by atoms with Crippen LogP contribution in [-0.4, -0.2) is 54.3 Å². The van der Waals surface area contributed by atoms with E-state index in [9.17, 15) is 9.59 Å². The molecule has 29 heavy (non-hydrogen) atoms. The number of hydrogen-bond acceptors (Lipinski definition) is 4. The number of fused-ring (bicyclic) bond motifs is 1. The number of ether oxygens (including phenoxy) is 1. The molecule has 2 fully saturated rings. The van der Waals surface area contributed by atoms with E-state index in [0.717, 1.165) is 32.8 Å². The van der Waals surface area contributed by atoms with Crippen molar-refractivity contribution in [3.05, 3.63) is 40.4 Å². The molecule has 2 aliphatic rings. The third kappa shape index (κ3) is 4.67. The number of hydrogen-bond donors (Lipinski definition) is 3. The van der Waals surface area contributed by atoms with E-state index < -0.39 is 0 Å². The molecule has 0 unspecified atom stereocenters. The maximum absolute atomic E-state index is 12.6. The zero-order chi connectivity index (χ0) is 20.1. The summed E-state index contributed by atoms with van der Waals surface area (Å²) in [4.78, 5) is 33.6. The highest BCUT2D eigenvalue weighted by Crippen LogP contribution is 2.25. The van der Waals surface area contributed by atoms with Gasteiger partial charge in [0.2, 0.25) is 5.91 Å². The first-order valence-electron chi connectivity index (χ1n) is 10.8. The molecule has 7 heteroatoms. The highest BCUT2D eigenvalue weighted by Gasteiger charge is 2.42. The highest BCUT2D eigenvalue weighted by molar-refractivity contribution is 5.78. The van der Waals surface area contributed by atoms with Crippen molar-refractivity contribution in [2.75, 3.05) is 32.8 Å². The molecule has 1 saturated carbocycles. The van der Waals surface area contributed by atoms with Crippen molar-refractivity contribution < 1.29 is 14.4 Å². The van der Waals surface area contributed by atoms with Crippen LogP contribution in [0.5, 0.6) is 0 Å². The molecule has 0 radical (unpaired) electrons. The van der Waals surface area contributed by atoms with E-state index in [1.165, 1.54) is 32.1 Å². The Bertz CT molecular complexity index is 898. The summed E-state index contributed by atoms with van der Waals surface area (Å²) >= 11 is 0. The second kappa shape index (κ2) is 9.05. The Balaban J connectivity index is 1.36. The van der Waals surface area contributed by atoms with E-state index in [1.54, 1.807) is 11.0 Å². The van der Waals surface area contributed by atoms with E-state index in [0.29, 0.717) is 29.6 Å². The van der Waals surface area contributed by atoms with Gasteiger partial charge in [-0.25, -0.2) is 4.98 Å². The summed E-state index contributed by atoms with van der Waals surface area (Å²) in [7, 11) is 0. The Morgan fingerprint density at radius 2 is 1.93 bits per heavy atom. The highest BCUT2D eigenvalue weighted by atomic mass is 16.5. The maximum atomic E-state index is 12.6. The zero-order valence-corrected chi connectivity index (χ0v) is 17.0. The van der Waals surface area contributed by atoms with Gasteiger partial charge >= 0.3 is 0 Å². The molecule has 2 aromatic rings. The minimum atomic E-state index is -0.150. The molecule has 0 bridgehead atoms. The van der Waals surface area contributed by atoms with Crippen molar-refractivity contribution in [3.63, 3.8) is 0 Å². The largest absolute Gasteiger partial charge is 0.370 e. The summed E-state index contributed by atoms with van der Waals surface area (Å²) in [5.41, 5.74) is 0.666. The second-order valence-corrected chi connectivity index (χ2v) is 8.36. The number of quaternary nitrogens is 1. The smallest absolute Gasteiger partial charge is 0.258 e. The lowest BCUT2D eigenvalue weighted by Crippen LogP contribution is -3.23. The van der Waals surface area contributed by atoms with Crippen LogP contribution in [0.15, 0.2) is 29.1 Å². The first kappa shape index (κ1) is 20.0. The van der Waals surface area contributed by atoms with Crippen molar-refractivity contribution in [2.45, 2.75) is 50.5 Å². The van der Waals surface area contributed by atoms with Gasteiger partial charge < -0.3 is 19.9 Å². The Labute approximate surface area is 170 Å². The number of carbonyl (C=O) groups is 1. The fourth-order valence-corrected chi connectivity index (χ4v) is 4.87. The van der Waals surface area contributed by atoms with Gasteiger partial charge in [-0.05, 0) is 25.0 Å². The summed E-state index contributed by atoms with van der Waals surface area (Å²) < 4.78 is 5.54. The monoisotopic (exact) mass is 399 g/mol. The summed E-state index contributed by atoms with van der Waals surface area (Å²) in [6, 6.07) is 7.27. The van der Waals surface area contributed by atoms with Gasteiger partial charge in [-0.15, -0.1) is 0 Å². The van der Waals surface area contributed by atoms with Crippen molar-refractivity contribution >= 4 is 16.8 Å². The van der Waals surface area contributed by atoms with E-state index in [2.05, 4.69) is 15.3 Å². The molecule has 2 heterocycles. The third-order valence-electron chi connectivity index (χ3n) is 6.53. The zero-order valence-electron chi connectivity index (χ0n) is 17.0. The van der Waals surface area contributed by atoms with Gasteiger partial charge in [0.15, 0.2) is 0 Å². The molecule has 1 aromatic heterocycles.